The van der Waals surface area contributed by atoms with Crippen LogP contribution in [-0.4, -0.2) is 14.5 Å². The highest BCUT2D eigenvalue weighted by Crippen LogP contribution is 2.33. The lowest BCUT2D eigenvalue weighted by Crippen LogP contribution is -2.41. The van der Waals surface area contributed by atoms with Gasteiger partial charge in [0.15, 0.2) is 15.8 Å². The van der Waals surface area contributed by atoms with Crippen LogP contribution >= 0.6 is 38.9 Å². The van der Waals surface area contributed by atoms with Gasteiger partial charge in [0.25, 0.3) is 11.5 Å². The summed E-state index contributed by atoms with van der Waals surface area (Å²) in [5.74, 6) is 0.333. The number of pyridine rings is 1. The fourth-order valence-corrected chi connectivity index (χ4v) is 5.02. The molecule has 188 valence electrons. The first-order valence-electron chi connectivity index (χ1n) is 10.6. The number of rotatable bonds is 5. The van der Waals surface area contributed by atoms with Gasteiger partial charge in [-0.25, -0.2) is 9.78 Å². The van der Waals surface area contributed by atoms with E-state index in [0.717, 1.165) is 16.6 Å². The first-order valence-corrected chi connectivity index (χ1v) is 12.6. The Labute approximate surface area is 224 Å². The predicted octanol–water partition coefficient (Wildman–Crippen LogP) is 6.69. The summed E-state index contributed by atoms with van der Waals surface area (Å²) in [5, 5.41) is 11.2. The van der Waals surface area contributed by atoms with Crippen molar-refractivity contribution in [3.05, 3.63) is 103 Å². The third kappa shape index (κ3) is 5.20. The number of hydrogen-bond acceptors (Lipinski definition) is 5. The number of halogens is 5. The standard InChI is InChI=1S/C25H14BrClF3N3O3S/c26-16-4-6-17(7-5-16)36-18-8-9-20-32(12-18)22(34)21(14-2-1-3-15(10-14)25(28,29)30)23(35)33(20)13-19-11-31-24(27)37-19/h1-12H,13H2/p+1. The second kappa shape index (κ2) is 9.81. The molecule has 0 aliphatic rings. The topological polar surface area (TPSA) is 67.7 Å². The van der Waals surface area contributed by atoms with E-state index in [1.165, 1.54) is 44.8 Å². The Morgan fingerprint density at radius 2 is 1.84 bits per heavy atom. The quantitative estimate of drug-likeness (QED) is 0.226. The SMILES string of the molecule is O=c1c(-c2cccc(C(F)(F)F)c2)c(O)[n+](Cc2cnc(Cl)s2)c2ccc(Oc3ccc(Br)cc3)cn12. The lowest BCUT2D eigenvalue weighted by Gasteiger charge is -2.12. The summed E-state index contributed by atoms with van der Waals surface area (Å²) in [6, 6.07) is 14.5. The van der Waals surface area contributed by atoms with Gasteiger partial charge in [0.05, 0.1) is 10.4 Å². The molecular formula is C25H15BrClF3N3O3S+. The molecule has 0 aliphatic heterocycles. The van der Waals surface area contributed by atoms with Crippen LogP contribution in [-0.2, 0) is 12.7 Å². The minimum Gasteiger partial charge on any atom is -0.477 e. The molecule has 2 aromatic carbocycles. The highest BCUT2D eigenvalue weighted by molar-refractivity contribution is 9.10. The maximum absolute atomic E-state index is 13.6. The molecule has 5 rings (SSSR count). The van der Waals surface area contributed by atoms with Crippen LogP contribution in [0.15, 0.2) is 82.3 Å². The number of nitrogens with zero attached hydrogens (tertiary/aromatic N) is 3. The van der Waals surface area contributed by atoms with Crippen LogP contribution in [0.1, 0.15) is 10.4 Å². The molecule has 0 aliphatic carbocycles. The van der Waals surface area contributed by atoms with Crippen molar-refractivity contribution in [3.63, 3.8) is 0 Å². The van der Waals surface area contributed by atoms with E-state index in [1.807, 2.05) is 0 Å². The summed E-state index contributed by atoms with van der Waals surface area (Å²) in [6.45, 7) is 0.0683. The molecule has 3 aromatic heterocycles. The van der Waals surface area contributed by atoms with Crippen LogP contribution in [0.3, 0.4) is 0 Å². The number of aromatic hydroxyl groups is 1. The summed E-state index contributed by atoms with van der Waals surface area (Å²) in [5.41, 5.74) is -1.75. The second-order valence-electron chi connectivity index (χ2n) is 7.90. The highest BCUT2D eigenvalue weighted by atomic mass is 79.9. The van der Waals surface area contributed by atoms with Crippen LogP contribution in [0.25, 0.3) is 16.8 Å². The van der Waals surface area contributed by atoms with Gasteiger partial charge in [-0.15, -0.1) is 11.3 Å². The van der Waals surface area contributed by atoms with Gasteiger partial charge in [0.2, 0.25) is 0 Å². The van der Waals surface area contributed by atoms with E-state index in [4.69, 9.17) is 16.3 Å². The van der Waals surface area contributed by atoms with Gasteiger partial charge in [-0.1, -0.05) is 39.7 Å². The molecule has 37 heavy (non-hydrogen) atoms. The Balaban J connectivity index is 1.72. The van der Waals surface area contributed by atoms with Crippen LogP contribution in [0, 0.1) is 0 Å². The molecule has 6 nitrogen and oxygen atoms in total. The molecule has 0 unspecified atom stereocenters. The van der Waals surface area contributed by atoms with Crippen LogP contribution in [0.2, 0.25) is 4.47 Å². The van der Waals surface area contributed by atoms with E-state index in [9.17, 15) is 23.1 Å². The van der Waals surface area contributed by atoms with E-state index in [-0.39, 0.29) is 27.8 Å². The first kappa shape index (κ1) is 25.2. The molecule has 3 heterocycles. The molecule has 0 saturated heterocycles. The fraction of sp³-hybridized carbons (Fsp3) is 0.0800. The predicted molar refractivity (Wildman–Crippen MR) is 136 cm³/mol. The summed E-state index contributed by atoms with van der Waals surface area (Å²) in [7, 11) is 0. The number of ether oxygens (including phenoxy) is 1. The summed E-state index contributed by atoms with van der Waals surface area (Å²) in [4.78, 5) is 18.2. The van der Waals surface area contributed by atoms with Gasteiger partial charge >= 0.3 is 11.7 Å². The summed E-state index contributed by atoms with van der Waals surface area (Å²) < 4.78 is 49.9. The van der Waals surface area contributed by atoms with Crippen LogP contribution in [0.4, 0.5) is 13.2 Å². The molecular weight excluding hydrogens is 595 g/mol. The molecule has 0 spiro atoms. The molecule has 0 amide bonds. The molecule has 0 bridgehead atoms. The molecule has 12 heteroatoms. The number of hydrogen-bond donors (Lipinski definition) is 1. The largest absolute Gasteiger partial charge is 0.477 e. The Hall–Kier alpha value is -3.41. The lowest BCUT2D eigenvalue weighted by molar-refractivity contribution is -0.671. The van der Waals surface area contributed by atoms with Gasteiger partial charge in [-0.2, -0.15) is 22.1 Å². The van der Waals surface area contributed by atoms with Crippen molar-refractivity contribution in [2.45, 2.75) is 12.7 Å². The molecule has 0 radical (unpaired) electrons. The van der Waals surface area contributed by atoms with E-state index in [1.54, 1.807) is 36.4 Å². The Bertz CT molecular complexity index is 1690. The number of alkyl halides is 3. The summed E-state index contributed by atoms with van der Waals surface area (Å²) >= 11 is 10.5. The van der Waals surface area contributed by atoms with E-state index < -0.39 is 23.2 Å². The Morgan fingerprint density at radius 3 is 2.51 bits per heavy atom. The fourth-order valence-electron chi connectivity index (χ4n) is 3.79. The second-order valence-corrected chi connectivity index (χ2v) is 10.5. The zero-order valence-electron chi connectivity index (χ0n) is 18.5. The number of aromatic nitrogens is 3. The molecule has 0 saturated carbocycles. The van der Waals surface area contributed by atoms with Gasteiger partial charge in [0, 0.05) is 16.7 Å². The van der Waals surface area contributed by atoms with Crippen molar-refractivity contribution in [1.29, 1.82) is 0 Å². The zero-order chi connectivity index (χ0) is 26.3. The number of fused-ring (bicyclic) bond motifs is 1. The Morgan fingerprint density at radius 1 is 1.11 bits per heavy atom. The Kier molecular flexibility index (Phi) is 6.69. The highest BCUT2D eigenvalue weighted by Gasteiger charge is 2.32. The van der Waals surface area contributed by atoms with Crippen molar-refractivity contribution in [3.8, 4) is 28.5 Å². The number of thiazole rings is 1. The van der Waals surface area contributed by atoms with E-state index in [2.05, 4.69) is 20.9 Å². The van der Waals surface area contributed by atoms with Gasteiger partial charge < -0.3 is 9.84 Å². The average Bonchev–Trinajstić information content (AvgIpc) is 3.28. The normalized spacial score (nSPS) is 11.7. The lowest BCUT2D eigenvalue weighted by atomic mass is 10.0. The molecule has 1 N–H and O–H groups in total. The molecule has 5 aromatic rings. The maximum atomic E-state index is 13.6. The number of benzene rings is 2. The van der Waals surface area contributed by atoms with Crippen LogP contribution in [0.5, 0.6) is 17.4 Å². The van der Waals surface area contributed by atoms with Crippen molar-refractivity contribution >= 4 is 44.5 Å². The van der Waals surface area contributed by atoms with Gasteiger partial charge in [-0.3, -0.25) is 0 Å². The van der Waals surface area contributed by atoms with E-state index >= 15 is 0 Å². The molecule has 0 atom stereocenters. The first-order chi connectivity index (χ1) is 17.6. The van der Waals surface area contributed by atoms with Crippen molar-refractivity contribution in [1.82, 2.24) is 9.38 Å². The minimum absolute atomic E-state index is 0.0683. The van der Waals surface area contributed by atoms with Gasteiger partial charge in [-0.05, 0) is 48.0 Å². The monoisotopic (exact) mass is 608 g/mol. The summed E-state index contributed by atoms with van der Waals surface area (Å²) in [6.07, 6.45) is -1.68. The third-order valence-corrected chi connectivity index (χ3v) is 7.08. The van der Waals surface area contributed by atoms with Crippen molar-refractivity contribution in [2.24, 2.45) is 0 Å². The van der Waals surface area contributed by atoms with Crippen molar-refractivity contribution < 1.29 is 27.6 Å². The van der Waals surface area contributed by atoms with Gasteiger partial charge in [0.1, 0.15) is 18.5 Å². The van der Waals surface area contributed by atoms with Crippen molar-refractivity contribution in [2.75, 3.05) is 0 Å². The minimum atomic E-state index is -4.63. The van der Waals surface area contributed by atoms with E-state index in [0.29, 0.717) is 16.4 Å². The van der Waals surface area contributed by atoms with Crippen LogP contribution < -0.4 is 14.9 Å². The molecule has 0 fully saturated rings. The zero-order valence-corrected chi connectivity index (χ0v) is 21.7. The smallest absolute Gasteiger partial charge is 0.416 e. The third-order valence-electron chi connectivity index (χ3n) is 5.46. The average molecular weight is 610 g/mol. The maximum Gasteiger partial charge on any atom is 0.416 e.